The molecule has 1 N–H and O–H groups in total. The average Bonchev–Trinajstić information content (AvgIpc) is 3.35. The smallest absolute Gasteiger partial charge is 0.306 e. The van der Waals surface area contributed by atoms with Crippen LogP contribution in [-0.2, 0) is 27.9 Å². The van der Waals surface area contributed by atoms with Crippen LogP contribution in [0.3, 0.4) is 0 Å². The second-order valence-corrected chi connectivity index (χ2v) is 22.5. The zero-order chi connectivity index (χ0) is 53.6. The van der Waals surface area contributed by atoms with Crippen LogP contribution in [0.4, 0.5) is 0 Å². The van der Waals surface area contributed by atoms with Crippen LogP contribution in [0.25, 0.3) is 0 Å². The molecule has 0 bridgehead atoms. The second kappa shape index (κ2) is 52.6. The third-order valence-electron chi connectivity index (χ3n) is 12.8. The first-order chi connectivity index (χ1) is 35.4. The highest BCUT2D eigenvalue weighted by molar-refractivity contribution is 7.45. The van der Waals surface area contributed by atoms with E-state index in [0.29, 0.717) is 23.9 Å². The Bertz CT molecular complexity index is 1530. The summed E-state index contributed by atoms with van der Waals surface area (Å²) < 4.78 is 30.2. The third-order valence-corrected chi connectivity index (χ3v) is 13.8. The molecule has 422 valence electrons. The number of unbranched alkanes of at least 4 members (excludes halogenated alkanes) is 25. The van der Waals surface area contributed by atoms with Crippen molar-refractivity contribution < 1.29 is 37.3 Å². The molecule has 3 unspecified atom stereocenters. The van der Waals surface area contributed by atoms with Gasteiger partial charge in [-0.15, -0.1) is 0 Å². The summed E-state index contributed by atoms with van der Waals surface area (Å²) in [5.41, 5.74) is 0. The molecule has 0 saturated heterocycles. The number of allylic oxidation sites excluding steroid dienone is 13. The minimum Gasteiger partial charge on any atom is -0.756 e. The lowest BCUT2D eigenvalue weighted by Gasteiger charge is -2.30. The molecule has 0 aromatic rings. The van der Waals surface area contributed by atoms with Crippen molar-refractivity contribution in [1.29, 1.82) is 0 Å². The summed E-state index contributed by atoms with van der Waals surface area (Å²) in [5, 5.41) is 3.01. The monoisotopic (exact) mass is 1040 g/mol. The maximum Gasteiger partial charge on any atom is 0.306 e. The average molecular weight is 1040 g/mol. The first kappa shape index (κ1) is 70.2. The van der Waals surface area contributed by atoms with Gasteiger partial charge in [-0.05, 0) is 96.0 Å². The molecule has 73 heavy (non-hydrogen) atoms. The van der Waals surface area contributed by atoms with Gasteiger partial charge in [0.25, 0.3) is 7.82 Å². The zero-order valence-electron chi connectivity index (χ0n) is 48.1. The molecule has 0 aromatic carbocycles. The van der Waals surface area contributed by atoms with E-state index >= 15 is 0 Å². The van der Waals surface area contributed by atoms with Crippen molar-refractivity contribution in [2.24, 2.45) is 0 Å². The second-order valence-electron chi connectivity index (χ2n) is 21.1. The van der Waals surface area contributed by atoms with Gasteiger partial charge in [-0.1, -0.05) is 228 Å². The van der Waals surface area contributed by atoms with Gasteiger partial charge >= 0.3 is 5.97 Å². The minimum atomic E-state index is -4.71. The van der Waals surface area contributed by atoms with Crippen LogP contribution in [0.5, 0.6) is 0 Å². The molecule has 0 aliphatic carbocycles. The van der Waals surface area contributed by atoms with Crippen LogP contribution in [0, 0.1) is 0 Å². The molecule has 0 aliphatic rings. The van der Waals surface area contributed by atoms with E-state index in [0.717, 1.165) is 89.9 Å². The Labute approximate surface area is 450 Å². The van der Waals surface area contributed by atoms with E-state index in [2.05, 4.69) is 99.0 Å². The molecule has 1 amide bonds. The summed E-state index contributed by atoms with van der Waals surface area (Å²) in [5.74, 6) is -0.615. The number of quaternary nitrogens is 1. The zero-order valence-corrected chi connectivity index (χ0v) is 49.0. The molecule has 0 fully saturated rings. The van der Waals surface area contributed by atoms with Gasteiger partial charge in [0.1, 0.15) is 19.3 Å². The van der Waals surface area contributed by atoms with Crippen molar-refractivity contribution in [2.75, 3.05) is 40.9 Å². The topological polar surface area (TPSA) is 114 Å². The fraction of sp³-hybridized carbons (Fsp3) is 0.746. The van der Waals surface area contributed by atoms with E-state index in [9.17, 15) is 19.0 Å². The molecule has 0 aromatic heterocycles. The van der Waals surface area contributed by atoms with Gasteiger partial charge in [0.2, 0.25) is 5.91 Å². The number of likely N-dealkylation sites (N-methyl/N-ethyl adjacent to an activating group) is 1. The Hall–Kier alpha value is -2.81. The quantitative estimate of drug-likeness (QED) is 0.0212. The standard InChI is InChI=1S/C63H113N2O7P/c1-7-10-13-16-19-22-25-28-30-32-34-37-40-43-46-49-52-55-62(66)64-60(59-71-73(68,69)70-58-57-65(4,5)6)61(54-51-48-45-42-39-36-27-24-21-18-15-12-9-3)72-63(67)56-53-50-47-44-41-38-35-33-31-29-26-23-20-17-14-11-8-2/h11,14,20,23,28-31,35,38,44,47,51,54,60-61H,7-10,12-13,15-19,21-22,24-27,32-34,36-37,39-43,45-46,48-50,52-53,55-59H2,1-6H3,(H-,64,66,68,69)/b14-11-,23-20-,30-28+,31-29-,38-35-,47-44-,54-51+. The van der Waals surface area contributed by atoms with Crippen molar-refractivity contribution in [3.05, 3.63) is 85.1 Å². The van der Waals surface area contributed by atoms with Gasteiger partial charge in [-0.3, -0.25) is 14.2 Å². The molecule has 0 aliphatic heterocycles. The first-order valence-corrected chi connectivity index (χ1v) is 31.4. The highest BCUT2D eigenvalue weighted by Gasteiger charge is 2.27. The number of carbonyl (C=O) groups excluding carboxylic acids is 2. The van der Waals surface area contributed by atoms with E-state index in [-0.39, 0.29) is 18.9 Å². The van der Waals surface area contributed by atoms with Gasteiger partial charge in [-0.2, -0.15) is 0 Å². The van der Waals surface area contributed by atoms with Crippen molar-refractivity contribution in [3.8, 4) is 0 Å². The lowest BCUT2D eigenvalue weighted by Crippen LogP contribution is -2.47. The highest BCUT2D eigenvalue weighted by Crippen LogP contribution is 2.38. The highest BCUT2D eigenvalue weighted by atomic mass is 31.2. The number of hydrogen-bond acceptors (Lipinski definition) is 7. The fourth-order valence-corrected chi connectivity index (χ4v) is 8.92. The fourth-order valence-electron chi connectivity index (χ4n) is 8.20. The lowest BCUT2D eigenvalue weighted by atomic mass is 10.0. The van der Waals surface area contributed by atoms with Crippen LogP contribution < -0.4 is 10.2 Å². The van der Waals surface area contributed by atoms with Crippen LogP contribution in [0.15, 0.2) is 85.1 Å². The number of esters is 1. The number of carbonyl (C=O) groups is 2. The molecule has 0 rings (SSSR count). The maximum atomic E-state index is 13.5. The van der Waals surface area contributed by atoms with E-state index in [4.69, 9.17) is 13.8 Å². The van der Waals surface area contributed by atoms with Crippen molar-refractivity contribution in [2.45, 2.75) is 264 Å². The number of rotatable bonds is 53. The predicted octanol–water partition coefficient (Wildman–Crippen LogP) is 17.6. The van der Waals surface area contributed by atoms with Crippen molar-refractivity contribution in [3.63, 3.8) is 0 Å². The van der Waals surface area contributed by atoms with Crippen molar-refractivity contribution in [1.82, 2.24) is 5.32 Å². The molecule has 0 radical (unpaired) electrons. The minimum absolute atomic E-state index is 0.0349. The van der Waals surface area contributed by atoms with Gasteiger partial charge < -0.3 is 28.5 Å². The van der Waals surface area contributed by atoms with Crippen LogP contribution >= 0.6 is 7.82 Å². The molecule has 9 nitrogen and oxygen atoms in total. The van der Waals surface area contributed by atoms with Gasteiger partial charge in [0.15, 0.2) is 0 Å². The van der Waals surface area contributed by atoms with E-state index in [1.807, 2.05) is 33.3 Å². The predicted molar refractivity (Wildman–Crippen MR) is 311 cm³/mol. The van der Waals surface area contributed by atoms with Crippen molar-refractivity contribution >= 4 is 19.7 Å². The SMILES string of the molecule is CC/C=C\C/C=C\C/C=C\C/C=C\C/C=C\CCCC(=O)OC(/C=C/CCCCCCCCCCCCC)C(COP(=O)([O-])OCC[N+](C)(C)C)NC(=O)CCCCCCCCC/C=C/CCCCCCCC. The Balaban J connectivity index is 5.43. The molecular weight excluding hydrogens is 928 g/mol. The maximum absolute atomic E-state index is 13.5. The Morgan fingerprint density at radius 1 is 0.493 bits per heavy atom. The lowest BCUT2D eigenvalue weighted by molar-refractivity contribution is -0.870. The summed E-state index contributed by atoms with van der Waals surface area (Å²) in [6.07, 6.45) is 68.4. The van der Waals surface area contributed by atoms with Crippen LogP contribution in [0.1, 0.15) is 252 Å². The summed E-state index contributed by atoms with van der Waals surface area (Å²) in [4.78, 5) is 39.9. The number of phosphoric ester groups is 1. The largest absolute Gasteiger partial charge is 0.756 e. The molecule has 0 spiro atoms. The van der Waals surface area contributed by atoms with Gasteiger partial charge in [0, 0.05) is 12.8 Å². The van der Waals surface area contributed by atoms with Crippen LogP contribution in [0.2, 0.25) is 0 Å². The number of hydrogen-bond donors (Lipinski definition) is 1. The molecule has 0 saturated carbocycles. The number of nitrogens with one attached hydrogen (secondary N) is 1. The van der Waals surface area contributed by atoms with Crippen LogP contribution in [-0.4, -0.2) is 69.4 Å². The third kappa shape index (κ3) is 53.8. The summed E-state index contributed by atoms with van der Waals surface area (Å²) in [6, 6.07) is -0.917. The van der Waals surface area contributed by atoms with E-state index in [1.165, 1.54) is 122 Å². The normalized spacial score (nSPS) is 14.3. The summed E-state index contributed by atoms with van der Waals surface area (Å²) in [6.45, 7) is 6.68. The molecule has 10 heteroatoms. The molecule has 3 atom stereocenters. The Kier molecular flexibility index (Phi) is 50.6. The number of ether oxygens (including phenoxy) is 1. The van der Waals surface area contributed by atoms with E-state index in [1.54, 1.807) is 0 Å². The summed E-state index contributed by atoms with van der Waals surface area (Å²) in [7, 11) is 1.14. The summed E-state index contributed by atoms with van der Waals surface area (Å²) >= 11 is 0. The Morgan fingerprint density at radius 3 is 1.36 bits per heavy atom. The van der Waals surface area contributed by atoms with Gasteiger partial charge in [-0.25, -0.2) is 0 Å². The Morgan fingerprint density at radius 2 is 0.890 bits per heavy atom. The number of phosphoric acid groups is 1. The van der Waals surface area contributed by atoms with E-state index < -0.39 is 32.5 Å². The number of nitrogens with zero attached hydrogens (tertiary/aromatic N) is 1. The molecular formula is C63H113N2O7P. The first-order valence-electron chi connectivity index (χ1n) is 29.9. The van der Waals surface area contributed by atoms with Gasteiger partial charge in [0.05, 0.1) is 33.8 Å². The number of amides is 1. The molecule has 0 heterocycles.